The SMILES string of the molecule is Cc1cc(C(CN)N2CCC(C)CC2C)ccc1F. The van der Waals surface area contributed by atoms with Crippen molar-refractivity contribution < 1.29 is 4.39 Å². The van der Waals surface area contributed by atoms with Gasteiger partial charge in [-0.3, -0.25) is 4.90 Å². The van der Waals surface area contributed by atoms with Crippen LogP contribution in [-0.4, -0.2) is 24.0 Å². The van der Waals surface area contributed by atoms with Crippen LogP contribution in [0.15, 0.2) is 18.2 Å². The molecule has 2 N–H and O–H groups in total. The Balaban J connectivity index is 2.21. The van der Waals surface area contributed by atoms with Crippen molar-refractivity contribution in [3.8, 4) is 0 Å². The molecule has 0 radical (unpaired) electrons. The van der Waals surface area contributed by atoms with E-state index in [0.717, 1.165) is 18.0 Å². The molecule has 1 saturated heterocycles. The van der Waals surface area contributed by atoms with Gasteiger partial charge in [0, 0.05) is 18.6 Å². The Hall–Kier alpha value is -0.930. The molecule has 3 atom stereocenters. The summed E-state index contributed by atoms with van der Waals surface area (Å²) in [4.78, 5) is 2.48. The number of likely N-dealkylation sites (tertiary alicyclic amines) is 1. The first kappa shape index (κ1) is 14.5. The molecule has 1 heterocycles. The lowest BCUT2D eigenvalue weighted by Gasteiger charge is -2.41. The van der Waals surface area contributed by atoms with Gasteiger partial charge in [-0.1, -0.05) is 19.1 Å². The normalized spacial score (nSPS) is 26.4. The molecule has 0 aliphatic carbocycles. The van der Waals surface area contributed by atoms with Gasteiger partial charge in [0.1, 0.15) is 5.82 Å². The predicted molar refractivity (Wildman–Crippen MR) is 77.5 cm³/mol. The number of hydrogen-bond donors (Lipinski definition) is 1. The van der Waals surface area contributed by atoms with Crippen molar-refractivity contribution in [2.24, 2.45) is 11.7 Å². The minimum absolute atomic E-state index is 0.139. The highest BCUT2D eigenvalue weighted by Gasteiger charge is 2.29. The zero-order valence-corrected chi connectivity index (χ0v) is 12.2. The van der Waals surface area contributed by atoms with Crippen LogP contribution in [0.5, 0.6) is 0 Å². The van der Waals surface area contributed by atoms with Crippen molar-refractivity contribution in [3.63, 3.8) is 0 Å². The summed E-state index contributed by atoms with van der Waals surface area (Å²) in [6, 6.07) is 6.14. The van der Waals surface area contributed by atoms with Gasteiger partial charge in [0.2, 0.25) is 0 Å². The molecule has 0 aromatic heterocycles. The van der Waals surface area contributed by atoms with Crippen LogP contribution in [-0.2, 0) is 0 Å². The van der Waals surface area contributed by atoms with E-state index in [4.69, 9.17) is 5.73 Å². The molecule has 1 aliphatic rings. The Kier molecular flexibility index (Phi) is 4.58. The van der Waals surface area contributed by atoms with Crippen LogP contribution in [0.2, 0.25) is 0 Å². The number of hydrogen-bond acceptors (Lipinski definition) is 2. The maximum atomic E-state index is 13.4. The lowest BCUT2D eigenvalue weighted by molar-refractivity contribution is 0.0847. The van der Waals surface area contributed by atoms with Crippen LogP contribution < -0.4 is 5.73 Å². The molecule has 19 heavy (non-hydrogen) atoms. The number of benzene rings is 1. The first-order chi connectivity index (χ1) is 9.02. The van der Waals surface area contributed by atoms with Crippen molar-refractivity contribution in [1.82, 2.24) is 4.90 Å². The minimum Gasteiger partial charge on any atom is -0.329 e. The molecule has 0 bridgehead atoms. The van der Waals surface area contributed by atoms with Crippen molar-refractivity contribution in [3.05, 3.63) is 35.1 Å². The van der Waals surface area contributed by atoms with E-state index in [1.165, 1.54) is 12.8 Å². The number of rotatable bonds is 3. The van der Waals surface area contributed by atoms with Crippen molar-refractivity contribution in [2.45, 2.75) is 45.7 Å². The standard InChI is InChI=1S/C16H25FN2/c1-11-6-7-19(13(3)8-11)16(10-18)14-4-5-15(17)12(2)9-14/h4-5,9,11,13,16H,6-8,10,18H2,1-3H3. The van der Waals surface area contributed by atoms with Crippen molar-refractivity contribution in [1.29, 1.82) is 0 Å². The molecule has 1 aliphatic heterocycles. The molecule has 2 nitrogen and oxygen atoms in total. The van der Waals surface area contributed by atoms with Gasteiger partial charge < -0.3 is 5.73 Å². The van der Waals surface area contributed by atoms with Gasteiger partial charge in [0.25, 0.3) is 0 Å². The van der Waals surface area contributed by atoms with E-state index in [0.29, 0.717) is 18.2 Å². The molecule has 1 aromatic carbocycles. The van der Waals surface area contributed by atoms with E-state index >= 15 is 0 Å². The Morgan fingerprint density at radius 2 is 2.16 bits per heavy atom. The van der Waals surface area contributed by atoms with Crippen LogP contribution >= 0.6 is 0 Å². The maximum absolute atomic E-state index is 13.4. The number of nitrogens with two attached hydrogens (primary N) is 1. The molecule has 106 valence electrons. The summed E-state index contributed by atoms with van der Waals surface area (Å²) in [5.41, 5.74) is 7.83. The monoisotopic (exact) mass is 264 g/mol. The number of nitrogens with zero attached hydrogens (tertiary/aromatic N) is 1. The summed E-state index contributed by atoms with van der Waals surface area (Å²) in [5, 5.41) is 0. The average Bonchev–Trinajstić information content (AvgIpc) is 2.37. The molecule has 2 rings (SSSR count). The van der Waals surface area contributed by atoms with Gasteiger partial charge >= 0.3 is 0 Å². The van der Waals surface area contributed by atoms with E-state index in [1.807, 2.05) is 19.1 Å². The second-order valence-corrected chi connectivity index (χ2v) is 5.98. The van der Waals surface area contributed by atoms with Crippen molar-refractivity contribution in [2.75, 3.05) is 13.1 Å². The first-order valence-corrected chi connectivity index (χ1v) is 7.24. The van der Waals surface area contributed by atoms with Gasteiger partial charge in [-0.15, -0.1) is 0 Å². The highest BCUT2D eigenvalue weighted by atomic mass is 19.1. The fourth-order valence-electron chi connectivity index (χ4n) is 3.23. The molecule has 0 amide bonds. The Bertz CT molecular complexity index is 433. The third-order valence-electron chi connectivity index (χ3n) is 4.38. The summed E-state index contributed by atoms with van der Waals surface area (Å²) in [7, 11) is 0. The third kappa shape index (κ3) is 3.15. The van der Waals surface area contributed by atoms with Gasteiger partial charge in [0.05, 0.1) is 0 Å². The maximum Gasteiger partial charge on any atom is 0.126 e. The zero-order chi connectivity index (χ0) is 14.0. The van der Waals surface area contributed by atoms with E-state index in [9.17, 15) is 4.39 Å². The molecule has 1 fully saturated rings. The Labute approximate surface area is 115 Å². The molecule has 1 aromatic rings. The Morgan fingerprint density at radius 1 is 1.42 bits per heavy atom. The summed E-state index contributed by atoms with van der Waals surface area (Å²) < 4.78 is 13.4. The fraction of sp³-hybridized carbons (Fsp3) is 0.625. The van der Waals surface area contributed by atoms with E-state index < -0.39 is 0 Å². The second-order valence-electron chi connectivity index (χ2n) is 5.98. The highest BCUT2D eigenvalue weighted by Crippen LogP contribution is 2.30. The molecule has 3 unspecified atom stereocenters. The van der Waals surface area contributed by atoms with E-state index in [1.54, 1.807) is 6.07 Å². The average molecular weight is 264 g/mol. The molecular weight excluding hydrogens is 239 g/mol. The quantitative estimate of drug-likeness (QED) is 0.908. The highest BCUT2D eigenvalue weighted by molar-refractivity contribution is 5.27. The Morgan fingerprint density at radius 3 is 2.74 bits per heavy atom. The predicted octanol–water partition coefficient (Wildman–Crippen LogP) is 3.25. The van der Waals surface area contributed by atoms with E-state index in [2.05, 4.69) is 18.7 Å². The van der Waals surface area contributed by atoms with Crippen LogP contribution in [0.3, 0.4) is 0 Å². The van der Waals surface area contributed by atoms with Crippen LogP contribution in [0.4, 0.5) is 4.39 Å². The lowest BCUT2D eigenvalue weighted by atomic mass is 9.90. The lowest BCUT2D eigenvalue weighted by Crippen LogP contribution is -2.44. The summed E-state index contributed by atoms with van der Waals surface area (Å²) >= 11 is 0. The summed E-state index contributed by atoms with van der Waals surface area (Å²) in [5.74, 6) is 0.652. The van der Waals surface area contributed by atoms with Gasteiger partial charge in [0.15, 0.2) is 0 Å². The smallest absolute Gasteiger partial charge is 0.126 e. The number of halogens is 1. The second kappa shape index (κ2) is 6.02. The number of aryl methyl sites for hydroxylation is 1. The van der Waals surface area contributed by atoms with Gasteiger partial charge in [-0.05, 0) is 56.3 Å². The van der Waals surface area contributed by atoms with Gasteiger partial charge in [-0.25, -0.2) is 4.39 Å². The molecule has 0 saturated carbocycles. The topological polar surface area (TPSA) is 29.3 Å². The van der Waals surface area contributed by atoms with Gasteiger partial charge in [-0.2, -0.15) is 0 Å². The van der Waals surface area contributed by atoms with Crippen LogP contribution in [0.1, 0.15) is 43.9 Å². The summed E-state index contributed by atoms with van der Waals surface area (Å²) in [6.07, 6.45) is 2.44. The third-order valence-corrected chi connectivity index (χ3v) is 4.38. The van der Waals surface area contributed by atoms with Crippen LogP contribution in [0.25, 0.3) is 0 Å². The first-order valence-electron chi connectivity index (χ1n) is 7.24. The fourth-order valence-corrected chi connectivity index (χ4v) is 3.23. The largest absolute Gasteiger partial charge is 0.329 e. The molecular formula is C16H25FN2. The van der Waals surface area contributed by atoms with E-state index in [-0.39, 0.29) is 11.9 Å². The zero-order valence-electron chi connectivity index (χ0n) is 12.2. The molecule has 3 heteroatoms. The minimum atomic E-state index is -0.139. The molecule has 0 spiro atoms. The number of piperidine rings is 1. The summed E-state index contributed by atoms with van der Waals surface area (Å²) in [6.45, 7) is 8.07. The van der Waals surface area contributed by atoms with Crippen LogP contribution in [0, 0.1) is 18.7 Å². The van der Waals surface area contributed by atoms with Crippen molar-refractivity contribution >= 4 is 0 Å².